The number of hydrogen-bond acceptors (Lipinski definition) is 4. The molecule has 31 heavy (non-hydrogen) atoms. The first-order valence-electron chi connectivity index (χ1n) is 9.53. The van der Waals surface area contributed by atoms with Crippen molar-refractivity contribution in [3.05, 3.63) is 110 Å². The Morgan fingerprint density at radius 1 is 1.03 bits per heavy atom. The monoisotopic (exact) mass is 435 g/mol. The minimum absolute atomic E-state index is 0.00773. The fourth-order valence-corrected chi connectivity index (χ4v) is 4.16. The van der Waals surface area contributed by atoms with Gasteiger partial charge in [-0.15, -0.1) is 0 Å². The van der Waals surface area contributed by atoms with Crippen molar-refractivity contribution in [2.24, 2.45) is 0 Å². The molecular formula is C24H15ClFNO4. The summed E-state index contributed by atoms with van der Waals surface area (Å²) in [5.74, 6) is -0.880. The van der Waals surface area contributed by atoms with Crippen LogP contribution in [0.5, 0.6) is 5.75 Å². The van der Waals surface area contributed by atoms with E-state index < -0.39 is 11.9 Å². The van der Waals surface area contributed by atoms with Crippen molar-refractivity contribution in [3.8, 4) is 5.75 Å². The summed E-state index contributed by atoms with van der Waals surface area (Å²) in [6.07, 6.45) is 0. The van der Waals surface area contributed by atoms with E-state index in [0.29, 0.717) is 16.1 Å². The van der Waals surface area contributed by atoms with E-state index in [0.717, 1.165) is 0 Å². The summed E-state index contributed by atoms with van der Waals surface area (Å²) in [4.78, 5) is 28.2. The summed E-state index contributed by atoms with van der Waals surface area (Å²) in [6.45, 7) is 0.125. The molecule has 0 radical (unpaired) electrons. The lowest BCUT2D eigenvalue weighted by atomic mass is 9.98. The van der Waals surface area contributed by atoms with Crippen LogP contribution in [0.1, 0.15) is 33.3 Å². The number of carbonyl (C=O) groups excluding carboxylic acids is 1. The van der Waals surface area contributed by atoms with E-state index in [-0.39, 0.29) is 45.8 Å². The average Bonchev–Trinajstić information content (AvgIpc) is 3.02. The predicted molar refractivity (Wildman–Crippen MR) is 114 cm³/mol. The Hall–Kier alpha value is -3.64. The molecule has 1 aliphatic rings. The molecule has 1 N–H and O–H groups in total. The van der Waals surface area contributed by atoms with Gasteiger partial charge in [-0.05, 0) is 53.6 Å². The van der Waals surface area contributed by atoms with Crippen molar-refractivity contribution in [1.29, 1.82) is 0 Å². The molecule has 0 saturated heterocycles. The summed E-state index contributed by atoms with van der Waals surface area (Å²) in [6, 6.07) is 16.0. The highest BCUT2D eigenvalue weighted by molar-refractivity contribution is 6.31. The van der Waals surface area contributed by atoms with E-state index >= 15 is 0 Å². The van der Waals surface area contributed by atoms with Crippen molar-refractivity contribution in [2.45, 2.75) is 12.6 Å². The molecule has 1 amide bonds. The fraction of sp³-hybridized carbons (Fsp3) is 0.0833. The summed E-state index contributed by atoms with van der Waals surface area (Å²) in [5.41, 5.74) is 1.34. The first kappa shape index (κ1) is 19.3. The number of fused-ring (bicyclic) bond motifs is 2. The molecule has 1 atom stereocenters. The SMILES string of the molecule is O=C1c2oc3ccc(Cl)cc3c(=O)c2[C@H](c2cccc(O)c2)N1Cc1ccc(F)cc1. The van der Waals surface area contributed by atoms with Gasteiger partial charge in [0.15, 0.2) is 5.43 Å². The van der Waals surface area contributed by atoms with E-state index in [2.05, 4.69) is 0 Å². The average molecular weight is 436 g/mol. The van der Waals surface area contributed by atoms with E-state index in [1.165, 1.54) is 35.2 Å². The van der Waals surface area contributed by atoms with Crippen LogP contribution in [0.4, 0.5) is 4.39 Å². The highest BCUT2D eigenvalue weighted by Gasteiger charge is 2.42. The number of benzene rings is 3. The van der Waals surface area contributed by atoms with Crippen molar-refractivity contribution in [1.82, 2.24) is 4.90 Å². The first-order valence-corrected chi connectivity index (χ1v) is 9.91. The van der Waals surface area contributed by atoms with Gasteiger partial charge in [0.25, 0.3) is 5.91 Å². The van der Waals surface area contributed by atoms with Crippen LogP contribution in [0.25, 0.3) is 11.0 Å². The molecule has 0 spiro atoms. The third kappa shape index (κ3) is 3.25. The Morgan fingerprint density at radius 3 is 2.55 bits per heavy atom. The number of aromatic hydroxyl groups is 1. The zero-order valence-electron chi connectivity index (χ0n) is 16.0. The molecular weight excluding hydrogens is 421 g/mol. The maximum Gasteiger partial charge on any atom is 0.291 e. The number of amides is 1. The van der Waals surface area contributed by atoms with Crippen LogP contribution in [0.2, 0.25) is 5.02 Å². The number of phenolic OH excluding ortho intramolecular Hbond substituents is 1. The van der Waals surface area contributed by atoms with Crippen LogP contribution in [0, 0.1) is 5.82 Å². The number of carbonyl (C=O) groups is 1. The van der Waals surface area contributed by atoms with Gasteiger partial charge in [-0.3, -0.25) is 9.59 Å². The van der Waals surface area contributed by atoms with Gasteiger partial charge in [-0.2, -0.15) is 0 Å². The number of hydrogen-bond donors (Lipinski definition) is 1. The minimum atomic E-state index is -0.778. The molecule has 1 aromatic heterocycles. The van der Waals surface area contributed by atoms with Gasteiger partial charge in [0.1, 0.15) is 17.1 Å². The Bertz CT molecular complexity index is 1400. The zero-order chi connectivity index (χ0) is 21.7. The highest BCUT2D eigenvalue weighted by atomic mass is 35.5. The topological polar surface area (TPSA) is 70.8 Å². The molecule has 3 aromatic carbocycles. The van der Waals surface area contributed by atoms with Gasteiger partial charge in [-0.25, -0.2) is 4.39 Å². The molecule has 1 aliphatic heterocycles. The van der Waals surface area contributed by atoms with Gasteiger partial charge in [0.05, 0.1) is 17.0 Å². The van der Waals surface area contributed by atoms with E-state index in [1.807, 2.05) is 0 Å². The molecule has 0 bridgehead atoms. The van der Waals surface area contributed by atoms with Gasteiger partial charge in [0, 0.05) is 11.6 Å². The zero-order valence-corrected chi connectivity index (χ0v) is 16.8. The van der Waals surface area contributed by atoms with E-state index in [9.17, 15) is 19.1 Å². The number of halogens is 2. The summed E-state index contributed by atoms with van der Waals surface area (Å²) in [7, 11) is 0. The smallest absolute Gasteiger partial charge is 0.291 e. The Morgan fingerprint density at radius 2 is 1.81 bits per heavy atom. The maximum atomic E-state index is 13.4. The molecule has 7 heteroatoms. The fourth-order valence-electron chi connectivity index (χ4n) is 3.98. The maximum absolute atomic E-state index is 13.4. The lowest BCUT2D eigenvalue weighted by Crippen LogP contribution is -2.29. The molecule has 0 saturated carbocycles. The minimum Gasteiger partial charge on any atom is -0.508 e. The lowest BCUT2D eigenvalue weighted by molar-refractivity contribution is 0.0714. The second-order valence-corrected chi connectivity index (χ2v) is 7.81. The number of phenols is 1. The third-order valence-corrected chi connectivity index (χ3v) is 5.61. The molecule has 0 aliphatic carbocycles. The van der Waals surface area contributed by atoms with Crippen molar-refractivity contribution < 1.29 is 18.7 Å². The standard InChI is InChI=1S/C24H15ClFNO4/c25-15-6-9-19-18(11-15)22(29)20-21(14-2-1-3-17(28)10-14)27(24(30)23(20)31-19)12-13-4-7-16(26)8-5-13/h1-11,21,28H,12H2/t21-/m0/s1. The van der Waals surface area contributed by atoms with Crippen molar-refractivity contribution in [3.63, 3.8) is 0 Å². The molecule has 5 nitrogen and oxygen atoms in total. The summed E-state index contributed by atoms with van der Waals surface area (Å²) < 4.78 is 19.2. The van der Waals surface area contributed by atoms with Crippen LogP contribution in [-0.2, 0) is 6.54 Å². The van der Waals surface area contributed by atoms with Gasteiger partial charge in [0.2, 0.25) is 5.76 Å². The molecule has 154 valence electrons. The Labute approximate surface area is 180 Å². The van der Waals surface area contributed by atoms with Crippen LogP contribution in [-0.4, -0.2) is 15.9 Å². The second kappa shape index (κ2) is 7.25. The van der Waals surface area contributed by atoms with Crippen LogP contribution in [0.15, 0.2) is 75.9 Å². The Kier molecular flexibility index (Phi) is 4.52. The molecule has 5 rings (SSSR count). The molecule has 2 heterocycles. The molecule has 0 unspecified atom stereocenters. The van der Waals surface area contributed by atoms with Crippen LogP contribution >= 0.6 is 11.6 Å². The van der Waals surface area contributed by atoms with Crippen molar-refractivity contribution >= 4 is 28.5 Å². The van der Waals surface area contributed by atoms with E-state index in [1.54, 1.807) is 36.4 Å². The van der Waals surface area contributed by atoms with Crippen molar-refractivity contribution in [2.75, 3.05) is 0 Å². The lowest BCUT2D eigenvalue weighted by Gasteiger charge is -2.25. The largest absolute Gasteiger partial charge is 0.508 e. The van der Waals surface area contributed by atoms with Crippen LogP contribution in [0.3, 0.4) is 0 Å². The van der Waals surface area contributed by atoms with Gasteiger partial charge in [-0.1, -0.05) is 35.9 Å². The molecule has 0 fully saturated rings. The highest BCUT2D eigenvalue weighted by Crippen LogP contribution is 2.40. The van der Waals surface area contributed by atoms with Crippen LogP contribution < -0.4 is 5.43 Å². The Balaban J connectivity index is 1.73. The van der Waals surface area contributed by atoms with E-state index in [4.69, 9.17) is 16.0 Å². The number of nitrogens with zero attached hydrogens (tertiary/aromatic N) is 1. The van der Waals surface area contributed by atoms with Gasteiger partial charge < -0.3 is 14.4 Å². The number of rotatable bonds is 3. The first-order chi connectivity index (χ1) is 14.9. The quantitative estimate of drug-likeness (QED) is 0.489. The van der Waals surface area contributed by atoms with Gasteiger partial charge >= 0.3 is 0 Å². The second-order valence-electron chi connectivity index (χ2n) is 7.37. The predicted octanol–water partition coefficient (Wildman–Crippen LogP) is 5.04. The summed E-state index contributed by atoms with van der Waals surface area (Å²) in [5, 5.41) is 10.7. The summed E-state index contributed by atoms with van der Waals surface area (Å²) >= 11 is 6.07. The third-order valence-electron chi connectivity index (χ3n) is 5.38. The molecule has 4 aromatic rings. The normalized spacial score (nSPS) is 15.5.